The first-order chi connectivity index (χ1) is 16.6. The van der Waals surface area contributed by atoms with E-state index in [2.05, 4.69) is 14.7 Å². The van der Waals surface area contributed by atoms with Crippen LogP contribution in [0.3, 0.4) is 0 Å². The molecule has 3 aromatic rings. The molecule has 1 aromatic heterocycles. The summed E-state index contributed by atoms with van der Waals surface area (Å²) >= 11 is 0.663. The predicted molar refractivity (Wildman–Crippen MR) is 127 cm³/mol. The Bertz CT molecular complexity index is 1520. The fraction of sp³-hybridized carbons (Fsp3) is 0.143. The average molecular weight is 535 g/mol. The number of methoxy groups -OCH3 is 1. The van der Waals surface area contributed by atoms with Gasteiger partial charge in [-0.3, -0.25) is 10.1 Å². The Labute approximate surface area is 205 Å². The number of ether oxygens (including phenoxy) is 1. The number of carbonyl (C=O) groups is 1. The summed E-state index contributed by atoms with van der Waals surface area (Å²) < 4.78 is 62.7. The molecule has 0 aliphatic rings. The number of nitrogens with one attached hydrogen (secondary N) is 1. The van der Waals surface area contributed by atoms with Gasteiger partial charge in [-0.25, -0.2) is 8.42 Å². The number of nitriles is 1. The summed E-state index contributed by atoms with van der Waals surface area (Å²) in [5.74, 6) is -1.08. The normalized spacial score (nSPS) is 12.0. The monoisotopic (exact) mass is 534 g/mol. The largest absolute Gasteiger partial charge is 0.493 e. The zero-order valence-electron chi connectivity index (χ0n) is 18.3. The second-order valence-electron chi connectivity index (χ2n) is 6.67. The molecule has 2 aromatic carbocycles. The molecule has 35 heavy (non-hydrogen) atoms. The Hall–Kier alpha value is -3.80. The van der Waals surface area contributed by atoms with Gasteiger partial charge < -0.3 is 8.92 Å². The predicted octanol–water partition coefficient (Wildman–Crippen LogP) is 2.65. The zero-order chi connectivity index (χ0) is 25.6. The van der Waals surface area contributed by atoms with Gasteiger partial charge in [0, 0.05) is 11.5 Å². The van der Waals surface area contributed by atoms with Gasteiger partial charge in [-0.15, -0.1) is 0 Å². The van der Waals surface area contributed by atoms with Gasteiger partial charge in [0.05, 0.1) is 12.9 Å². The lowest BCUT2D eigenvalue weighted by Crippen LogP contribution is -2.14. The summed E-state index contributed by atoms with van der Waals surface area (Å²) in [6, 6.07) is 13.4. The molecule has 0 spiro atoms. The maximum Gasteiger partial charge on any atom is 0.339 e. The van der Waals surface area contributed by atoms with Crippen LogP contribution in [0.4, 0.5) is 5.13 Å². The van der Waals surface area contributed by atoms with Crippen LogP contribution >= 0.6 is 11.5 Å². The van der Waals surface area contributed by atoms with Crippen molar-refractivity contribution in [3.63, 3.8) is 0 Å². The Morgan fingerprint density at radius 3 is 2.49 bits per heavy atom. The van der Waals surface area contributed by atoms with Crippen LogP contribution in [-0.4, -0.2) is 45.0 Å². The summed E-state index contributed by atoms with van der Waals surface area (Å²) in [4.78, 5) is 16.2. The Morgan fingerprint density at radius 2 is 1.86 bits per heavy atom. The number of carbonyl (C=O) groups excluding carboxylic acids is 1. The number of nitrogens with zero attached hydrogens (tertiary/aromatic N) is 3. The molecule has 0 aliphatic heterocycles. The number of rotatable bonds is 9. The number of aromatic nitrogens is 2. The molecule has 0 unspecified atom stereocenters. The molecule has 3 rings (SSSR count). The van der Waals surface area contributed by atoms with Gasteiger partial charge in [0.1, 0.15) is 16.5 Å². The van der Waals surface area contributed by atoms with Crippen LogP contribution in [0.15, 0.2) is 64.2 Å². The fourth-order valence-electron chi connectivity index (χ4n) is 2.59. The number of hydrogen-bond donors (Lipinski definition) is 1. The minimum atomic E-state index is -4.11. The molecular formula is C21H18N4O7S3. The second-order valence-corrected chi connectivity index (χ2v) is 11.1. The average Bonchev–Trinajstić information content (AvgIpc) is 3.33. The van der Waals surface area contributed by atoms with Crippen LogP contribution in [0, 0.1) is 11.3 Å². The van der Waals surface area contributed by atoms with Crippen LogP contribution < -0.4 is 14.2 Å². The number of hydrogen-bond acceptors (Lipinski definition) is 11. The lowest BCUT2D eigenvalue weighted by Gasteiger charge is -2.11. The number of benzene rings is 2. The van der Waals surface area contributed by atoms with Crippen LogP contribution in [-0.2, 0) is 24.7 Å². The summed E-state index contributed by atoms with van der Waals surface area (Å²) in [5.41, 5.74) is 0.0113. The van der Waals surface area contributed by atoms with Crippen LogP contribution in [0.5, 0.6) is 11.5 Å². The molecule has 0 atom stereocenters. The van der Waals surface area contributed by atoms with Crippen LogP contribution in [0.25, 0.3) is 6.08 Å². The highest BCUT2D eigenvalue weighted by atomic mass is 32.2. The van der Waals surface area contributed by atoms with E-state index in [9.17, 15) is 26.9 Å². The number of anilines is 1. The van der Waals surface area contributed by atoms with Crippen molar-refractivity contribution < 1.29 is 30.6 Å². The van der Waals surface area contributed by atoms with Crippen LogP contribution in [0.2, 0.25) is 0 Å². The maximum atomic E-state index is 12.5. The van der Waals surface area contributed by atoms with Gasteiger partial charge in [0.15, 0.2) is 11.5 Å². The highest BCUT2D eigenvalue weighted by Gasteiger charge is 2.21. The van der Waals surface area contributed by atoms with E-state index in [4.69, 9.17) is 8.92 Å². The van der Waals surface area contributed by atoms with Gasteiger partial charge in [-0.2, -0.15) is 23.0 Å². The topological polar surface area (TPSA) is 165 Å². The summed E-state index contributed by atoms with van der Waals surface area (Å²) in [6.07, 6.45) is 1.23. The summed E-state index contributed by atoms with van der Waals surface area (Å²) in [6.45, 7) is 1.44. The van der Waals surface area contributed by atoms with E-state index in [1.54, 1.807) is 24.3 Å². The third-order valence-electron chi connectivity index (χ3n) is 4.38. The van der Waals surface area contributed by atoms with Crippen molar-refractivity contribution in [1.29, 1.82) is 5.26 Å². The smallest absolute Gasteiger partial charge is 0.339 e. The van der Waals surface area contributed by atoms with Crippen molar-refractivity contribution in [2.24, 2.45) is 0 Å². The molecule has 0 aliphatic carbocycles. The minimum Gasteiger partial charge on any atom is -0.493 e. The molecule has 182 valence electrons. The molecule has 1 amide bonds. The quantitative estimate of drug-likeness (QED) is 0.245. The Morgan fingerprint density at radius 1 is 1.14 bits per heavy atom. The van der Waals surface area contributed by atoms with Crippen molar-refractivity contribution >= 4 is 48.6 Å². The third kappa shape index (κ3) is 6.21. The Kier molecular flexibility index (Phi) is 7.85. The standard InChI is InChI=1S/C21H18N4O7S3/c1-3-34(27,28)21-24-20(33-25-21)23-19(26)15(13-22)11-14-9-10-17(18(12-14)31-2)32-35(29,30)16-7-5-4-6-8-16/h4-12H,3H2,1-2H3,(H,23,24,25,26)/b15-11-. The van der Waals surface area contributed by atoms with E-state index in [0.717, 1.165) is 0 Å². The SMILES string of the molecule is CCS(=O)(=O)c1nsc(NC(=O)/C(C#N)=C\c2ccc(OS(=O)(=O)c3ccccc3)c(OC)c2)n1. The van der Waals surface area contributed by atoms with Crippen LogP contribution in [0.1, 0.15) is 12.5 Å². The highest BCUT2D eigenvalue weighted by Crippen LogP contribution is 2.31. The molecule has 0 bridgehead atoms. The maximum absolute atomic E-state index is 12.5. The van der Waals surface area contributed by atoms with Crippen molar-refractivity contribution in [3.05, 3.63) is 59.7 Å². The first kappa shape index (κ1) is 25.8. The van der Waals surface area contributed by atoms with Crippen molar-refractivity contribution in [3.8, 4) is 17.6 Å². The molecule has 0 saturated carbocycles. The van der Waals surface area contributed by atoms with Gasteiger partial charge in [0.2, 0.25) is 15.0 Å². The lowest BCUT2D eigenvalue weighted by molar-refractivity contribution is -0.112. The van der Waals surface area contributed by atoms with Crippen molar-refractivity contribution in [2.45, 2.75) is 17.0 Å². The first-order valence-corrected chi connectivity index (χ1v) is 13.6. The molecule has 1 N–H and O–H groups in total. The van der Waals surface area contributed by atoms with E-state index in [0.29, 0.717) is 17.1 Å². The highest BCUT2D eigenvalue weighted by molar-refractivity contribution is 7.91. The molecule has 11 nitrogen and oxygen atoms in total. The van der Waals surface area contributed by atoms with E-state index in [1.165, 1.54) is 50.4 Å². The van der Waals surface area contributed by atoms with E-state index in [-0.39, 0.29) is 32.9 Å². The van der Waals surface area contributed by atoms with Crippen molar-refractivity contribution in [2.75, 3.05) is 18.2 Å². The zero-order valence-corrected chi connectivity index (χ0v) is 20.8. The third-order valence-corrected chi connectivity index (χ3v) is 7.87. The molecule has 0 fully saturated rings. The minimum absolute atomic E-state index is 0.0407. The summed E-state index contributed by atoms with van der Waals surface area (Å²) in [5, 5.41) is 11.3. The van der Waals surface area contributed by atoms with E-state index in [1.807, 2.05) is 0 Å². The second kappa shape index (κ2) is 10.6. The van der Waals surface area contributed by atoms with Gasteiger partial charge in [-0.1, -0.05) is 31.2 Å². The fourth-order valence-corrected chi connectivity index (χ4v) is 5.14. The van der Waals surface area contributed by atoms with Gasteiger partial charge in [0.25, 0.3) is 11.1 Å². The van der Waals surface area contributed by atoms with E-state index >= 15 is 0 Å². The number of sulfone groups is 1. The van der Waals surface area contributed by atoms with Gasteiger partial charge in [-0.05, 0) is 35.9 Å². The van der Waals surface area contributed by atoms with Crippen molar-refractivity contribution in [1.82, 2.24) is 9.36 Å². The summed E-state index contributed by atoms with van der Waals surface area (Å²) in [7, 11) is -6.45. The molecule has 1 heterocycles. The van der Waals surface area contributed by atoms with E-state index < -0.39 is 31.0 Å². The first-order valence-electron chi connectivity index (χ1n) is 9.77. The number of amides is 1. The molecule has 0 radical (unpaired) electrons. The Balaban J connectivity index is 1.82. The lowest BCUT2D eigenvalue weighted by atomic mass is 10.1. The molecule has 0 saturated heterocycles. The molecule has 14 heteroatoms. The molecular weight excluding hydrogens is 516 g/mol. The van der Waals surface area contributed by atoms with Gasteiger partial charge >= 0.3 is 10.1 Å².